The van der Waals surface area contributed by atoms with E-state index in [2.05, 4.69) is 84.0 Å². The number of aliphatic imine (C=N–C) groups is 1. The monoisotopic (exact) mass is 408 g/mol. The number of ether oxygens (including phenoxy) is 1. The molecule has 0 unspecified atom stereocenters. The molecule has 156 valence electrons. The molecular weight excluding hydrogens is 380 g/mol. The molecule has 0 saturated carbocycles. The summed E-state index contributed by atoms with van der Waals surface area (Å²) in [6.45, 7) is 4.32. The highest BCUT2D eigenvalue weighted by Gasteiger charge is 2.16. The van der Waals surface area contributed by atoms with Gasteiger partial charge in [0.15, 0.2) is 0 Å². The molecule has 0 aromatic heterocycles. The predicted octanol–water partition coefficient (Wildman–Crippen LogP) is 6.38. The Hall–Kier alpha value is -3.59. The Morgan fingerprint density at radius 3 is 2.35 bits per heavy atom. The second-order valence-electron chi connectivity index (χ2n) is 7.71. The Morgan fingerprint density at radius 2 is 1.61 bits per heavy atom. The van der Waals surface area contributed by atoms with Gasteiger partial charge in [0, 0.05) is 6.54 Å². The van der Waals surface area contributed by atoms with Crippen LogP contribution in [0.2, 0.25) is 0 Å². The summed E-state index contributed by atoms with van der Waals surface area (Å²) in [6.07, 6.45) is 0. The first-order chi connectivity index (χ1) is 14.8. The number of rotatable bonds is 5. The molecule has 0 spiro atoms. The number of amidine groups is 1. The van der Waals surface area contributed by atoms with Crippen LogP contribution in [0.25, 0.3) is 21.9 Å². The third-order valence-corrected chi connectivity index (χ3v) is 5.49. The van der Waals surface area contributed by atoms with E-state index in [1.54, 1.807) is 0 Å². The van der Waals surface area contributed by atoms with Gasteiger partial charge in [0.05, 0.1) is 12.1 Å². The summed E-state index contributed by atoms with van der Waals surface area (Å²) in [5, 5.41) is 5.75. The first-order valence-corrected chi connectivity index (χ1v) is 10.4. The quantitative estimate of drug-likeness (QED) is 0.416. The van der Waals surface area contributed by atoms with Crippen molar-refractivity contribution in [2.75, 3.05) is 13.1 Å². The van der Waals surface area contributed by atoms with Gasteiger partial charge in [0.2, 0.25) is 0 Å². The van der Waals surface area contributed by atoms with Crippen LogP contribution in [0.15, 0.2) is 89.9 Å². The zero-order valence-corrected chi connectivity index (χ0v) is 17.1. The van der Waals surface area contributed by atoms with Crippen molar-refractivity contribution >= 4 is 16.6 Å². The third kappa shape index (κ3) is 4.46. The number of benzene rings is 4. The van der Waals surface area contributed by atoms with Crippen LogP contribution in [0.1, 0.15) is 24.1 Å². The van der Waals surface area contributed by atoms with E-state index >= 15 is 0 Å². The zero-order valence-electron chi connectivity index (χ0n) is 17.1. The standard InChI is InChI=1S/C27H24N2O.CH4/c1-19-7-9-21(10-8-19)22-11-12-23-17-26(30-18-20-5-3-2-4-6-20)25(16-24(23)15-22)27-28-13-14-29-27;/h2-12,15-17H,13-14,18H2,1H3,(H,28,29);1H4. The molecule has 31 heavy (non-hydrogen) atoms. The van der Waals surface area contributed by atoms with Gasteiger partial charge in [-0.05, 0) is 52.6 Å². The Kier molecular flexibility index (Phi) is 6.03. The lowest BCUT2D eigenvalue weighted by atomic mass is 9.98. The number of fused-ring (bicyclic) bond motifs is 1. The Morgan fingerprint density at radius 1 is 0.839 bits per heavy atom. The fourth-order valence-electron chi connectivity index (χ4n) is 3.82. The Balaban J connectivity index is 0.00000231. The summed E-state index contributed by atoms with van der Waals surface area (Å²) in [4.78, 5) is 4.64. The number of nitrogens with one attached hydrogen (secondary N) is 1. The van der Waals surface area contributed by atoms with Gasteiger partial charge < -0.3 is 10.1 Å². The highest BCUT2D eigenvalue weighted by Crippen LogP contribution is 2.31. The van der Waals surface area contributed by atoms with Gasteiger partial charge in [0.25, 0.3) is 0 Å². The second-order valence-corrected chi connectivity index (χ2v) is 7.71. The van der Waals surface area contributed by atoms with Crippen molar-refractivity contribution in [2.45, 2.75) is 21.0 Å². The molecule has 0 saturated heterocycles. The van der Waals surface area contributed by atoms with Crippen LogP contribution in [0.4, 0.5) is 0 Å². The molecule has 1 heterocycles. The van der Waals surface area contributed by atoms with E-state index in [4.69, 9.17) is 4.74 Å². The smallest absolute Gasteiger partial charge is 0.132 e. The van der Waals surface area contributed by atoms with Crippen molar-refractivity contribution in [3.05, 3.63) is 102 Å². The van der Waals surface area contributed by atoms with Gasteiger partial charge in [-0.25, -0.2) is 0 Å². The van der Waals surface area contributed by atoms with Crippen LogP contribution in [0, 0.1) is 6.92 Å². The van der Waals surface area contributed by atoms with Gasteiger partial charge in [-0.15, -0.1) is 0 Å². The van der Waals surface area contributed by atoms with E-state index in [0.29, 0.717) is 6.61 Å². The summed E-state index contributed by atoms with van der Waals surface area (Å²) < 4.78 is 6.25. The molecule has 0 atom stereocenters. The molecule has 1 aliphatic heterocycles. The van der Waals surface area contributed by atoms with Crippen molar-refractivity contribution in [1.82, 2.24) is 5.32 Å². The number of hydrogen-bond donors (Lipinski definition) is 1. The van der Waals surface area contributed by atoms with Gasteiger partial charge in [-0.3, -0.25) is 4.99 Å². The van der Waals surface area contributed by atoms with E-state index in [-0.39, 0.29) is 7.43 Å². The normalized spacial score (nSPS) is 12.7. The molecule has 0 bridgehead atoms. The molecule has 0 aliphatic carbocycles. The predicted molar refractivity (Wildman–Crippen MR) is 131 cm³/mol. The minimum atomic E-state index is 0. The third-order valence-electron chi connectivity index (χ3n) is 5.49. The first-order valence-electron chi connectivity index (χ1n) is 10.4. The lowest BCUT2D eigenvalue weighted by Gasteiger charge is -2.14. The van der Waals surface area contributed by atoms with Gasteiger partial charge in [0.1, 0.15) is 18.2 Å². The Bertz CT molecular complexity index is 1210. The van der Waals surface area contributed by atoms with Crippen molar-refractivity contribution in [2.24, 2.45) is 4.99 Å². The molecule has 4 aromatic carbocycles. The summed E-state index contributed by atoms with van der Waals surface area (Å²) in [7, 11) is 0. The molecule has 1 N–H and O–H groups in total. The maximum Gasteiger partial charge on any atom is 0.132 e. The van der Waals surface area contributed by atoms with E-state index in [1.807, 2.05) is 18.2 Å². The van der Waals surface area contributed by atoms with Crippen molar-refractivity contribution in [3.63, 3.8) is 0 Å². The molecule has 5 rings (SSSR count). The Labute approximate surface area is 184 Å². The van der Waals surface area contributed by atoms with Crippen LogP contribution in [-0.4, -0.2) is 18.9 Å². The molecular formula is C28H28N2O. The van der Waals surface area contributed by atoms with E-state index in [0.717, 1.165) is 41.2 Å². The van der Waals surface area contributed by atoms with Crippen molar-refractivity contribution in [1.29, 1.82) is 0 Å². The van der Waals surface area contributed by atoms with Gasteiger partial charge in [-0.1, -0.05) is 79.7 Å². The molecule has 0 fully saturated rings. The molecule has 3 nitrogen and oxygen atoms in total. The van der Waals surface area contributed by atoms with Gasteiger partial charge in [-0.2, -0.15) is 0 Å². The number of hydrogen-bond acceptors (Lipinski definition) is 3. The minimum absolute atomic E-state index is 0. The highest BCUT2D eigenvalue weighted by atomic mass is 16.5. The van der Waals surface area contributed by atoms with Crippen molar-refractivity contribution < 1.29 is 4.74 Å². The summed E-state index contributed by atoms with van der Waals surface area (Å²) >= 11 is 0. The summed E-state index contributed by atoms with van der Waals surface area (Å²) in [5.41, 5.74) is 5.89. The van der Waals surface area contributed by atoms with Crippen LogP contribution in [0.3, 0.4) is 0 Å². The molecule has 0 radical (unpaired) electrons. The lowest BCUT2D eigenvalue weighted by Crippen LogP contribution is -2.20. The lowest BCUT2D eigenvalue weighted by molar-refractivity contribution is 0.306. The molecule has 0 amide bonds. The van der Waals surface area contributed by atoms with Gasteiger partial charge >= 0.3 is 0 Å². The zero-order chi connectivity index (χ0) is 20.3. The fraction of sp³-hybridized carbons (Fsp3) is 0.179. The number of aryl methyl sites for hydroxylation is 1. The SMILES string of the molecule is C.Cc1ccc(-c2ccc3cc(OCc4ccccc4)c(C4=NCCN4)cc3c2)cc1. The minimum Gasteiger partial charge on any atom is -0.488 e. The van der Waals surface area contributed by atoms with E-state index in [1.165, 1.54) is 22.1 Å². The second kappa shape index (κ2) is 9.05. The average Bonchev–Trinajstić information content (AvgIpc) is 3.33. The van der Waals surface area contributed by atoms with Crippen LogP contribution in [0.5, 0.6) is 5.75 Å². The summed E-state index contributed by atoms with van der Waals surface area (Å²) in [5.74, 6) is 1.78. The number of nitrogens with zero attached hydrogens (tertiary/aromatic N) is 1. The first kappa shape index (κ1) is 20.7. The van der Waals surface area contributed by atoms with Crippen LogP contribution >= 0.6 is 0 Å². The largest absolute Gasteiger partial charge is 0.488 e. The van der Waals surface area contributed by atoms with E-state index in [9.17, 15) is 0 Å². The maximum atomic E-state index is 6.25. The highest BCUT2D eigenvalue weighted by molar-refractivity contribution is 6.06. The topological polar surface area (TPSA) is 33.6 Å². The maximum absolute atomic E-state index is 6.25. The van der Waals surface area contributed by atoms with E-state index < -0.39 is 0 Å². The molecule has 3 heteroatoms. The molecule has 4 aromatic rings. The average molecular weight is 409 g/mol. The molecule has 1 aliphatic rings. The fourth-order valence-corrected chi connectivity index (χ4v) is 3.82. The summed E-state index contributed by atoms with van der Waals surface area (Å²) in [6, 6.07) is 29.9. The van der Waals surface area contributed by atoms with Crippen molar-refractivity contribution in [3.8, 4) is 16.9 Å². The van der Waals surface area contributed by atoms with Crippen LogP contribution < -0.4 is 10.1 Å². The van der Waals surface area contributed by atoms with Crippen LogP contribution in [-0.2, 0) is 6.61 Å².